The van der Waals surface area contributed by atoms with E-state index in [1.807, 2.05) is 13.8 Å². The average molecular weight is 369 g/mol. The molecule has 1 N–H and O–H groups in total. The van der Waals surface area contributed by atoms with Crippen LogP contribution in [0.4, 0.5) is 8.78 Å². The second kappa shape index (κ2) is 10.1. The smallest absolute Gasteiger partial charge is 0.322 e. The Morgan fingerprint density at radius 3 is 2.38 bits per heavy atom. The van der Waals surface area contributed by atoms with Crippen LogP contribution in [0.2, 0.25) is 0 Å². The highest BCUT2D eigenvalue weighted by Crippen LogP contribution is 2.20. The molecule has 1 aromatic carbocycles. The summed E-state index contributed by atoms with van der Waals surface area (Å²) in [6.07, 6.45) is 1.35. The van der Waals surface area contributed by atoms with Gasteiger partial charge in [-0.3, -0.25) is 14.6 Å². The third-order valence-electron chi connectivity index (χ3n) is 3.99. The van der Waals surface area contributed by atoms with Crippen LogP contribution in [0.5, 0.6) is 0 Å². The van der Waals surface area contributed by atoms with E-state index >= 15 is 0 Å². The van der Waals surface area contributed by atoms with Gasteiger partial charge < -0.3 is 9.84 Å². The minimum atomic E-state index is -1.47. The minimum absolute atomic E-state index is 0.0246. The van der Waals surface area contributed by atoms with Crippen LogP contribution in [0.25, 0.3) is 0 Å². The number of aliphatic hydroxyl groups excluding tert-OH is 1. The van der Waals surface area contributed by atoms with Crippen LogP contribution >= 0.6 is 0 Å². The fraction of sp³-hybridized carbons (Fsp3) is 0.526. The first-order valence-corrected chi connectivity index (χ1v) is 8.59. The standard InChI is InChI=1S/C19H25F2NO4/c1-5-12-7-13(16(21)8-15(12)20)18(24)14(19(25)26-6-2)9-22-17(10-23)11(3)4/h7-9,11,14,17,23H,5-6,10H2,1-4H3. The van der Waals surface area contributed by atoms with E-state index in [9.17, 15) is 23.5 Å². The molecule has 1 rings (SSSR count). The zero-order chi connectivity index (χ0) is 19.9. The maximum Gasteiger partial charge on any atom is 0.322 e. The predicted molar refractivity (Wildman–Crippen MR) is 94.4 cm³/mol. The van der Waals surface area contributed by atoms with Crippen molar-refractivity contribution in [2.45, 2.75) is 40.2 Å². The van der Waals surface area contributed by atoms with Crippen LogP contribution in [0.1, 0.15) is 43.6 Å². The monoisotopic (exact) mass is 369 g/mol. The second-order valence-electron chi connectivity index (χ2n) is 6.16. The van der Waals surface area contributed by atoms with Crippen molar-refractivity contribution >= 4 is 18.0 Å². The molecule has 0 saturated heterocycles. The average Bonchev–Trinajstić information content (AvgIpc) is 2.58. The molecule has 0 radical (unpaired) electrons. The first kappa shape index (κ1) is 21.9. The van der Waals surface area contributed by atoms with Gasteiger partial charge in [-0.15, -0.1) is 0 Å². The largest absolute Gasteiger partial charge is 0.465 e. The maximum absolute atomic E-state index is 14.1. The molecular weight excluding hydrogens is 344 g/mol. The fourth-order valence-electron chi connectivity index (χ4n) is 2.32. The lowest BCUT2D eigenvalue weighted by Gasteiger charge is -2.16. The van der Waals surface area contributed by atoms with Crippen LogP contribution in [-0.4, -0.2) is 42.3 Å². The van der Waals surface area contributed by atoms with Crippen molar-refractivity contribution in [3.63, 3.8) is 0 Å². The molecule has 2 unspecified atom stereocenters. The number of carbonyl (C=O) groups excluding carboxylic acids is 2. The topological polar surface area (TPSA) is 76.0 Å². The van der Waals surface area contributed by atoms with Crippen LogP contribution in [-0.2, 0) is 16.0 Å². The molecule has 0 spiro atoms. The number of rotatable bonds is 9. The summed E-state index contributed by atoms with van der Waals surface area (Å²) in [7, 11) is 0. The molecule has 26 heavy (non-hydrogen) atoms. The van der Waals surface area contributed by atoms with E-state index in [0.29, 0.717) is 6.07 Å². The Labute approximate surface area is 152 Å². The Balaban J connectivity index is 3.28. The number of hydrogen-bond donors (Lipinski definition) is 1. The van der Waals surface area contributed by atoms with Crippen molar-refractivity contribution in [1.82, 2.24) is 0 Å². The lowest BCUT2D eigenvalue weighted by Crippen LogP contribution is -2.30. The van der Waals surface area contributed by atoms with E-state index < -0.39 is 40.9 Å². The summed E-state index contributed by atoms with van der Waals surface area (Å²) in [5.41, 5.74) is -0.220. The second-order valence-corrected chi connectivity index (χ2v) is 6.16. The highest BCUT2D eigenvalue weighted by molar-refractivity contribution is 6.18. The highest BCUT2D eigenvalue weighted by Gasteiger charge is 2.30. The van der Waals surface area contributed by atoms with Crippen molar-refractivity contribution in [3.05, 3.63) is 34.9 Å². The predicted octanol–water partition coefficient (Wildman–Crippen LogP) is 2.98. The number of nitrogens with zero attached hydrogens (tertiary/aromatic N) is 1. The first-order valence-electron chi connectivity index (χ1n) is 8.59. The molecule has 0 saturated carbocycles. The molecular formula is C19H25F2NO4. The van der Waals surface area contributed by atoms with Gasteiger partial charge in [0.25, 0.3) is 0 Å². The zero-order valence-corrected chi connectivity index (χ0v) is 15.5. The quantitative estimate of drug-likeness (QED) is 0.314. The summed E-state index contributed by atoms with van der Waals surface area (Å²) in [5.74, 6) is -5.02. The Morgan fingerprint density at radius 1 is 1.23 bits per heavy atom. The molecule has 2 atom stereocenters. The van der Waals surface area contributed by atoms with Crippen molar-refractivity contribution < 1.29 is 28.2 Å². The van der Waals surface area contributed by atoms with E-state index in [4.69, 9.17) is 4.74 Å². The van der Waals surface area contributed by atoms with E-state index in [0.717, 1.165) is 12.3 Å². The lowest BCUT2D eigenvalue weighted by atomic mass is 9.95. The molecule has 144 valence electrons. The van der Waals surface area contributed by atoms with Gasteiger partial charge in [0.05, 0.1) is 24.8 Å². The van der Waals surface area contributed by atoms with Gasteiger partial charge in [0.15, 0.2) is 11.7 Å². The van der Waals surface area contributed by atoms with E-state index in [2.05, 4.69) is 4.99 Å². The summed E-state index contributed by atoms with van der Waals surface area (Å²) in [4.78, 5) is 29.0. The van der Waals surface area contributed by atoms with Gasteiger partial charge in [-0.2, -0.15) is 0 Å². The molecule has 1 aromatic rings. The normalized spacial score (nSPS) is 13.8. The van der Waals surface area contributed by atoms with Crippen LogP contribution < -0.4 is 0 Å². The van der Waals surface area contributed by atoms with Gasteiger partial charge in [-0.05, 0) is 30.9 Å². The molecule has 0 bridgehead atoms. The number of Topliss-reactive ketones (excluding diaryl/α,β-unsaturated/α-hetero) is 1. The molecule has 0 fully saturated rings. The number of esters is 1. The molecule has 0 aliphatic rings. The number of aliphatic imine (C=N–C) groups is 1. The third kappa shape index (κ3) is 5.42. The number of halogens is 2. The van der Waals surface area contributed by atoms with Crippen molar-refractivity contribution in [3.8, 4) is 0 Å². The molecule has 7 heteroatoms. The van der Waals surface area contributed by atoms with Gasteiger partial charge in [0.1, 0.15) is 11.6 Å². The number of ether oxygens (including phenoxy) is 1. The Bertz CT molecular complexity index is 674. The Hall–Kier alpha value is -2.15. The van der Waals surface area contributed by atoms with Gasteiger partial charge in [0.2, 0.25) is 0 Å². The molecule has 0 aromatic heterocycles. The van der Waals surface area contributed by atoms with Crippen molar-refractivity contribution in [2.75, 3.05) is 13.2 Å². The lowest BCUT2D eigenvalue weighted by molar-refractivity contribution is -0.144. The van der Waals surface area contributed by atoms with Gasteiger partial charge in [-0.1, -0.05) is 20.8 Å². The Kier molecular flexibility index (Phi) is 8.51. The van der Waals surface area contributed by atoms with Gasteiger partial charge in [0, 0.05) is 12.3 Å². The molecule has 0 heterocycles. The van der Waals surface area contributed by atoms with Crippen LogP contribution in [0, 0.1) is 23.5 Å². The molecule has 0 aliphatic heterocycles. The summed E-state index contributed by atoms with van der Waals surface area (Å²) >= 11 is 0. The summed E-state index contributed by atoms with van der Waals surface area (Å²) in [5, 5.41) is 9.33. The summed E-state index contributed by atoms with van der Waals surface area (Å²) < 4.78 is 32.7. The van der Waals surface area contributed by atoms with E-state index in [1.165, 1.54) is 0 Å². The van der Waals surface area contributed by atoms with Crippen molar-refractivity contribution in [2.24, 2.45) is 16.8 Å². The summed E-state index contributed by atoms with van der Waals surface area (Å²) in [6, 6.07) is 1.23. The van der Waals surface area contributed by atoms with E-state index in [1.54, 1.807) is 13.8 Å². The fourth-order valence-corrected chi connectivity index (χ4v) is 2.32. The maximum atomic E-state index is 14.1. The number of aryl methyl sites for hydroxylation is 1. The number of carbonyl (C=O) groups is 2. The SMILES string of the molecule is CCOC(=O)C(C=NC(CO)C(C)C)C(=O)c1cc(CC)c(F)cc1F. The number of aliphatic hydroxyl groups is 1. The number of ketones is 1. The number of benzene rings is 1. The molecule has 0 aliphatic carbocycles. The molecule has 0 amide bonds. The summed E-state index contributed by atoms with van der Waals surface area (Å²) in [6.45, 7) is 6.68. The van der Waals surface area contributed by atoms with Crippen LogP contribution in [0.15, 0.2) is 17.1 Å². The first-order chi connectivity index (χ1) is 12.3. The van der Waals surface area contributed by atoms with Gasteiger partial charge in [-0.25, -0.2) is 8.78 Å². The van der Waals surface area contributed by atoms with E-state index in [-0.39, 0.29) is 31.1 Å². The highest BCUT2D eigenvalue weighted by atomic mass is 19.1. The number of hydrogen-bond acceptors (Lipinski definition) is 5. The van der Waals surface area contributed by atoms with Crippen molar-refractivity contribution in [1.29, 1.82) is 0 Å². The minimum Gasteiger partial charge on any atom is -0.465 e. The Morgan fingerprint density at radius 2 is 1.88 bits per heavy atom. The van der Waals surface area contributed by atoms with Gasteiger partial charge >= 0.3 is 5.97 Å². The van der Waals surface area contributed by atoms with Crippen LogP contribution in [0.3, 0.4) is 0 Å². The molecule has 5 nitrogen and oxygen atoms in total. The zero-order valence-electron chi connectivity index (χ0n) is 15.5. The third-order valence-corrected chi connectivity index (χ3v) is 3.99.